The summed E-state index contributed by atoms with van der Waals surface area (Å²) >= 11 is 0. The number of hydrogen-bond acceptors (Lipinski definition) is 4. The third-order valence-electron chi connectivity index (χ3n) is 5.21. The van der Waals surface area contributed by atoms with Crippen molar-refractivity contribution in [2.45, 2.75) is 51.0 Å². The van der Waals surface area contributed by atoms with E-state index in [9.17, 15) is 4.79 Å². The fourth-order valence-corrected chi connectivity index (χ4v) is 3.75. The Balaban J connectivity index is 1.50. The smallest absolute Gasteiger partial charge is 0.249 e. The van der Waals surface area contributed by atoms with Crippen LogP contribution in [0.1, 0.15) is 61.8 Å². The monoisotopic (exact) mass is 325 g/mol. The minimum absolute atomic E-state index is 0.0453. The lowest BCUT2D eigenvalue weighted by molar-refractivity contribution is -0.137. The molecular weight excluding hydrogens is 302 g/mol. The quantitative estimate of drug-likeness (QED) is 0.863. The van der Waals surface area contributed by atoms with Crippen molar-refractivity contribution in [3.63, 3.8) is 0 Å². The molecule has 4 rings (SSSR count). The predicted octanol–water partition coefficient (Wildman–Crippen LogP) is 3.49. The van der Waals surface area contributed by atoms with Gasteiger partial charge in [0.1, 0.15) is 6.04 Å². The standard InChI is InChI=1S/C19H23N3O2/c1-2-17-20-18(24-21-17)16-10-6-7-11-22(16)19(23)15-12-14(15)13-8-4-3-5-9-13/h3-5,8-9,14-16H,2,6-7,10-12H2,1H3/t14-,15+,16-/m0/s1. The van der Waals surface area contributed by atoms with Crippen LogP contribution in [0.15, 0.2) is 34.9 Å². The van der Waals surface area contributed by atoms with E-state index in [4.69, 9.17) is 4.52 Å². The Hall–Kier alpha value is -2.17. The van der Waals surface area contributed by atoms with Gasteiger partial charge in [-0.05, 0) is 37.2 Å². The van der Waals surface area contributed by atoms with Gasteiger partial charge in [-0.2, -0.15) is 4.98 Å². The first-order valence-electron chi connectivity index (χ1n) is 8.96. The summed E-state index contributed by atoms with van der Waals surface area (Å²) in [4.78, 5) is 19.5. The lowest BCUT2D eigenvalue weighted by Gasteiger charge is -2.33. The Morgan fingerprint density at radius 1 is 1.29 bits per heavy atom. The van der Waals surface area contributed by atoms with E-state index in [1.54, 1.807) is 0 Å². The molecule has 0 N–H and O–H groups in total. The maximum absolute atomic E-state index is 13.0. The number of benzene rings is 1. The van der Waals surface area contributed by atoms with E-state index in [1.807, 2.05) is 30.0 Å². The van der Waals surface area contributed by atoms with Crippen LogP contribution in [-0.2, 0) is 11.2 Å². The third-order valence-corrected chi connectivity index (χ3v) is 5.21. The summed E-state index contributed by atoms with van der Waals surface area (Å²) in [5, 5.41) is 4.00. The van der Waals surface area contributed by atoms with E-state index in [-0.39, 0.29) is 17.9 Å². The average Bonchev–Trinajstić information content (AvgIpc) is 3.31. The van der Waals surface area contributed by atoms with Gasteiger partial charge in [-0.1, -0.05) is 42.4 Å². The van der Waals surface area contributed by atoms with E-state index < -0.39 is 0 Å². The largest absolute Gasteiger partial charge is 0.337 e. The molecule has 1 aromatic carbocycles. The van der Waals surface area contributed by atoms with Crippen molar-refractivity contribution in [1.82, 2.24) is 15.0 Å². The molecule has 1 aromatic heterocycles. The summed E-state index contributed by atoms with van der Waals surface area (Å²) < 4.78 is 5.43. The number of hydrogen-bond donors (Lipinski definition) is 0. The number of likely N-dealkylation sites (tertiary alicyclic amines) is 1. The van der Waals surface area contributed by atoms with Crippen LogP contribution in [0.4, 0.5) is 0 Å². The molecule has 1 saturated carbocycles. The fourth-order valence-electron chi connectivity index (χ4n) is 3.75. The minimum atomic E-state index is -0.0453. The van der Waals surface area contributed by atoms with Crippen molar-refractivity contribution in [1.29, 1.82) is 0 Å². The highest BCUT2D eigenvalue weighted by Gasteiger charge is 2.47. The summed E-state index contributed by atoms with van der Waals surface area (Å²) in [6.45, 7) is 2.80. The Labute approximate surface area is 142 Å². The molecule has 2 aromatic rings. The fraction of sp³-hybridized carbons (Fsp3) is 0.526. The molecule has 2 fully saturated rings. The highest BCUT2D eigenvalue weighted by atomic mass is 16.5. The number of aromatic nitrogens is 2. The van der Waals surface area contributed by atoms with Crippen molar-refractivity contribution in [2.75, 3.05) is 6.54 Å². The summed E-state index contributed by atoms with van der Waals surface area (Å²) in [6, 6.07) is 10.3. The molecule has 126 valence electrons. The molecule has 24 heavy (non-hydrogen) atoms. The normalized spacial score (nSPS) is 26.4. The Bertz CT molecular complexity index is 712. The van der Waals surface area contributed by atoms with Crippen LogP contribution in [0.5, 0.6) is 0 Å². The van der Waals surface area contributed by atoms with Gasteiger partial charge in [0.05, 0.1) is 0 Å². The summed E-state index contributed by atoms with van der Waals surface area (Å²) in [5.74, 6) is 2.06. The predicted molar refractivity (Wildman–Crippen MR) is 89.3 cm³/mol. The van der Waals surface area contributed by atoms with Gasteiger partial charge in [-0.3, -0.25) is 4.79 Å². The summed E-state index contributed by atoms with van der Waals surface area (Å²) in [6.07, 6.45) is 4.78. The van der Waals surface area contributed by atoms with Gasteiger partial charge in [0.25, 0.3) is 0 Å². The van der Waals surface area contributed by atoms with Crippen molar-refractivity contribution >= 4 is 5.91 Å². The zero-order valence-corrected chi connectivity index (χ0v) is 14.0. The minimum Gasteiger partial charge on any atom is -0.337 e. The molecule has 1 saturated heterocycles. The molecule has 5 nitrogen and oxygen atoms in total. The first-order chi connectivity index (χ1) is 11.8. The van der Waals surface area contributed by atoms with Crippen molar-refractivity contribution < 1.29 is 9.32 Å². The van der Waals surface area contributed by atoms with Crippen LogP contribution in [0.25, 0.3) is 0 Å². The first-order valence-corrected chi connectivity index (χ1v) is 8.96. The number of aryl methyl sites for hydroxylation is 1. The van der Waals surface area contributed by atoms with Gasteiger partial charge < -0.3 is 9.42 Å². The molecule has 0 spiro atoms. The molecule has 1 amide bonds. The Morgan fingerprint density at radius 3 is 2.88 bits per heavy atom. The SMILES string of the molecule is CCc1noc([C@@H]2CCCCN2C(=O)[C@@H]2C[C@H]2c2ccccc2)n1. The number of carbonyl (C=O) groups is 1. The number of rotatable bonds is 4. The van der Waals surface area contributed by atoms with Crippen LogP contribution < -0.4 is 0 Å². The highest BCUT2D eigenvalue weighted by molar-refractivity contribution is 5.83. The average molecular weight is 325 g/mol. The molecule has 3 atom stereocenters. The number of piperidine rings is 1. The van der Waals surface area contributed by atoms with Crippen LogP contribution in [0, 0.1) is 5.92 Å². The maximum Gasteiger partial charge on any atom is 0.249 e. The van der Waals surface area contributed by atoms with Gasteiger partial charge in [0.2, 0.25) is 11.8 Å². The number of amides is 1. The Kier molecular flexibility index (Phi) is 4.08. The molecular formula is C19H23N3O2. The van der Waals surface area contributed by atoms with E-state index in [1.165, 1.54) is 5.56 Å². The Morgan fingerprint density at radius 2 is 2.12 bits per heavy atom. The highest BCUT2D eigenvalue weighted by Crippen LogP contribution is 2.49. The van der Waals surface area contributed by atoms with E-state index in [0.29, 0.717) is 11.8 Å². The van der Waals surface area contributed by atoms with Crippen molar-refractivity contribution in [3.05, 3.63) is 47.6 Å². The molecule has 0 bridgehead atoms. The lowest BCUT2D eigenvalue weighted by Crippen LogP contribution is -2.39. The maximum atomic E-state index is 13.0. The topological polar surface area (TPSA) is 59.2 Å². The summed E-state index contributed by atoms with van der Waals surface area (Å²) in [7, 11) is 0. The molecule has 5 heteroatoms. The van der Waals surface area contributed by atoms with E-state index in [0.717, 1.165) is 44.5 Å². The second-order valence-electron chi connectivity index (χ2n) is 6.80. The van der Waals surface area contributed by atoms with Gasteiger partial charge in [-0.15, -0.1) is 0 Å². The zero-order valence-electron chi connectivity index (χ0n) is 14.0. The number of nitrogens with zero attached hydrogens (tertiary/aromatic N) is 3. The molecule has 0 unspecified atom stereocenters. The van der Waals surface area contributed by atoms with Gasteiger partial charge in [0.15, 0.2) is 5.82 Å². The molecule has 0 radical (unpaired) electrons. The van der Waals surface area contributed by atoms with Gasteiger partial charge in [-0.25, -0.2) is 0 Å². The molecule has 2 aliphatic rings. The summed E-state index contributed by atoms with van der Waals surface area (Å²) in [5.41, 5.74) is 1.27. The zero-order chi connectivity index (χ0) is 16.5. The van der Waals surface area contributed by atoms with Crippen molar-refractivity contribution in [3.8, 4) is 0 Å². The van der Waals surface area contributed by atoms with E-state index in [2.05, 4.69) is 22.3 Å². The van der Waals surface area contributed by atoms with E-state index >= 15 is 0 Å². The first kappa shape index (κ1) is 15.4. The molecule has 1 aliphatic heterocycles. The van der Waals surface area contributed by atoms with Crippen LogP contribution in [-0.4, -0.2) is 27.5 Å². The molecule has 2 heterocycles. The lowest BCUT2D eigenvalue weighted by atomic mass is 10.0. The van der Waals surface area contributed by atoms with Crippen LogP contribution >= 0.6 is 0 Å². The third kappa shape index (κ3) is 2.83. The van der Waals surface area contributed by atoms with Gasteiger partial charge in [0, 0.05) is 18.9 Å². The van der Waals surface area contributed by atoms with Crippen molar-refractivity contribution in [2.24, 2.45) is 5.92 Å². The molecule has 1 aliphatic carbocycles. The van der Waals surface area contributed by atoms with Crippen LogP contribution in [0.2, 0.25) is 0 Å². The second kappa shape index (κ2) is 6.38. The second-order valence-corrected chi connectivity index (χ2v) is 6.80. The van der Waals surface area contributed by atoms with Gasteiger partial charge >= 0.3 is 0 Å². The number of carbonyl (C=O) groups excluding carboxylic acids is 1. The van der Waals surface area contributed by atoms with Crippen LogP contribution in [0.3, 0.4) is 0 Å².